The minimum atomic E-state index is -0.0176. The van der Waals surface area contributed by atoms with Crippen LogP contribution in [0.2, 0.25) is 0 Å². The Kier molecular flexibility index (Phi) is 3.23. The number of aromatic nitrogens is 4. The van der Waals surface area contributed by atoms with Crippen LogP contribution in [0.25, 0.3) is 11.0 Å². The topological polar surface area (TPSA) is 77.0 Å². The molecule has 0 bridgehead atoms. The van der Waals surface area contributed by atoms with E-state index in [1.807, 2.05) is 36.7 Å². The molecule has 3 aromatic heterocycles. The van der Waals surface area contributed by atoms with Crippen molar-refractivity contribution in [3.05, 3.63) is 41.8 Å². The van der Waals surface area contributed by atoms with E-state index >= 15 is 0 Å². The number of rotatable bonds is 4. The number of aliphatic hydroxyl groups excluding tert-OH is 1. The third-order valence-electron chi connectivity index (χ3n) is 3.19. The average molecular weight is 272 g/mol. The van der Waals surface area contributed by atoms with Gasteiger partial charge in [-0.2, -0.15) is 4.98 Å². The van der Waals surface area contributed by atoms with Gasteiger partial charge in [0.05, 0.1) is 6.61 Å². The summed E-state index contributed by atoms with van der Waals surface area (Å²) < 4.78 is 7.16. The second kappa shape index (κ2) is 5.05. The smallest absolute Gasteiger partial charge is 0.246 e. The van der Waals surface area contributed by atoms with Gasteiger partial charge in [-0.1, -0.05) is 19.0 Å². The molecule has 104 valence electrons. The van der Waals surface area contributed by atoms with Crippen LogP contribution in [0.3, 0.4) is 0 Å². The number of hydrogen-bond acceptors (Lipinski definition) is 5. The summed E-state index contributed by atoms with van der Waals surface area (Å²) in [6.07, 6.45) is 3.60. The maximum Gasteiger partial charge on any atom is 0.246 e. The normalized spacial score (nSPS) is 11.6. The Morgan fingerprint density at radius 1 is 1.40 bits per heavy atom. The minimum Gasteiger partial charge on any atom is -0.392 e. The standard InChI is InChI=1S/C14H16N4O2/c1-9(2)13-16-12(20-17-13)7-18-6-10(8-19)11-4-3-5-15-14(11)18/h3-6,9,19H,7-8H2,1-2H3. The fourth-order valence-corrected chi connectivity index (χ4v) is 2.15. The zero-order chi connectivity index (χ0) is 14.1. The fraction of sp³-hybridized carbons (Fsp3) is 0.357. The first-order valence-electron chi connectivity index (χ1n) is 6.55. The van der Waals surface area contributed by atoms with Gasteiger partial charge in [0.25, 0.3) is 0 Å². The first-order chi connectivity index (χ1) is 9.69. The van der Waals surface area contributed by atoms with Crippen LogP contribution in [-0.2, 0) is 13.2 Å². The molecule has 20 heavy (non-hydrogen) atoms. The van der Waals surface area contributed by atoms with Crippen molar-refractivity contribution in [2.24, 2.45) is 0 Å². The van der Waals surface area contributed by atoms with Crippen molar-refractivity contribution in [1.29, 1.82) is 0 Å². The van der Waals surface area contributed by atoms with Crippen LogP contribution < -0.4 is 0 Å². The molecule has 0 saturated heterocycles. The fourth-order valence-electron chi connectivity index (χ4n) is 2.15. The van der Waals surface area contributed by atoms with E-state index in [1.54, 1.807) is 6.20 Å². The van der Waals surface area contributed by atoms with Gasteiger partial charge in [0, 0.05) is 29.3 Å². The van der Waals surface area contributed by atoms with Crippen molar-refractivity contribution in [1.82, 2.24) is 19.7 Å². The summed E-state index contributed by atoms with van der Waals surface area (Å²) in [5.74, 6) is 1.48. The lowest BCUT2D eigenvalue weighted by Gasteiger charge is -1.99. The quantitative estimate of drug-likeness (QED) is 0.786. The lowest BCUT2D eigenvalue weighted by atomic mass is 10.2. The predicted octanol–water partition coefficient (Wildman–Crippen LogP) is 2.08. The Labute approximate surface area is 116 Å². The Bertz CT molecular complexity index is 730. The van der Waals surface area contributed by atoms with Crippen molar-refractivity contribution in [3.8, 4) is 0 Å². The Morgan fingerprint density at radius 2 is 2.25 bits per heavy atom. The van der Waals surface area contributed by atoms with Crippen molar-refractivity contribution in [3.63, 3.8) is 0 Å². The largest absolute Gasteiger partial charge is 0.392 e. The van der Waals surface area contributed by atoms with Gasteiger partial charge >= 0.3 is 0 Å². The summed E-state index contributed by atoms with van der Waals surface area (Å²) in [5, 5.41) is 14.3. The van der Waals surface area contributed by atoms with Crippen LogP contribution in [0.15, 0.2) is 29.0 Å². The lowest BCUT2D eigenvalue weighted by Crippen LogP contribution is -2.00. The minimum absolute atomic E-state index is 0.0176. The molecule has 3 rings (SSSR count). The maximum absolute atomic E-state index is 9.40. The van der Waals surface area contributed by atoms with Gasteiger partial charge in [-0.25, -0.2) is 4.98 Å². The second-order valence-corrected chi connectivity index (χ2v) is 5.02. The lowest BCUT2D eigenvalue weighted by molar-refractivity contribution is 0.283. The van der Waals surface area contributed by atoms with Crippen LogP contribution in [-0.4, -0.2) is 24.8 Å². The molecule has 0 radical (unpaired) electrons. The van der Waals surface area contributed by atoms with Crippen molar-refractivity contribution < 1.29 is 9.63 Å². The van der Waals surface area contributed by atoms with Crippen molar-refractivity contribution in [2.45, 2.75) is 32.9 Å². The summed E-state index contributed by atoms with van der Waals surface area (Å²) >= 11 is 0. The molecular weight excluding hydrogens is 256 g/mol. The van der Waals surface area contributed by atoms with Gasteiger partial charge in [-0.15, -0.1) is 0 Å². The number of pyridine rings is 1. The van der Waals surface area contributed by atoms with Crippen LogP contribution in [0.4, 0.5) is 0 Å². The summed E-state index contributed by atoms with van der Waals surface area (Å²) in [6, 6.07) is 3.80. The molecular formula is C14H16N4O2. The zero-order valence-electron chi connectivity index (χ0n) is 11.4. The molecule has 6 heteroatoms. The number of hydrogen-bond donors (Lipinski definition) is 1. The van der Waals surface area contributed by atoms with E-state index in [9.17, 15) is 5.11 Å². The van der Waals surface area contributed by atoms with E-state index < -0.39 is 0 Å². The van der Waals surface area contributed by atoms with E-state index in [2.05, 4.69) is 15.1 Å². The van der Waals surface area contributed by atoms with Gasteiger partial charge in [0.2, 0.25) is 5.89 Å². The molecule has 3 aromatic rings. The highest BCUT2D eigenvalue weighted by atomic mass is 16.5. The highest BCUT2D eigenvalue weighted by Gasteiger charge is 2.13. The van der Waals surface area contributed by atoms with Gasteiger partial charge in [0.15, 0.2) is 5.82 Å². The van der Waals surface area contributed by atoms with E-state index in [0.717, 1.165) is 16.6 Å². The summed E-state index contributed by atoms with van der Waals surface area (Å²) in [5.41, 5.74) is 1.65. The Morgan fingerprint density at radius 3 is 2.95 bits per heavy atom. The molecule has 3 heterocycles. The van der Waals surface area contributed by atoms with Crippen LogP contribution in [0.5, 0.6) is 0 Å². The third kappa shape index (κ3) is 2.18. The zero-order valence-corrected chi connectivity index (χ0v) is 11.4. The third-order valence-corrected chi connectivity index (χ3v) is 3.19. The molecule has 1 N–H and O–H groups in total. The van der Waals surface area contributed by atoms with E-state index in [0.29, 0.717) is 18.3 Å². The Hall–Kier alpha value is -2.21. The maximum atomic E-state index is 9.40. The van der Waals surface area contributed by atoms with Crippen LogP contribution in [0.1, 0.15) is 37.0 Å². The highest BCUT2D eigenvalue weighted by molar-refractivity contribution is 5.80. The molecule has 0 aliphatic rings. The molecule has 0 saturated carbocycles. The Balaban J connectivity index is 1.97. The van der Waals surface area contributed by atoms with E-state index in [-0.39, 0.29) is 12.5 Å². The number of fused-ring (bicyclic) bond motifs is 1. The van der Waals surface area contributed by atoms with Gasteiger partial charge in [0.1, 0.15) is 12.2 Å². The molecule has 0 fully saturated rings. The van der Waals surface area contributed by atoms with Crippen LogP contribution in [0, 0.1) is 0 Å². The van der Waals surface area contributed by atoms with Gasteiger partial charge in [-0.3, -0.25) is 0 Å². The first kappa shape index (κ1) is 12.8. The second-order valence-electron chi connectivity index (χ2n) is 5.02. The molecule has 0 spiro atoms. The van der Waals surface area contributed by atoms with E-state index in [1.165, 1.54) is 0 Å². The molecule has 0 aliphatic heterocycles. The molecule has 0 atom stereocenters. The highest BCUT2D eigenvalue weighted by Crippen LogP contribution is 2.20. The molecule has 0 aromatic carbocycles. The number of aliphatic hydroxyl groups is 1. The SMILES string of the molecule is CC(C)c1noc(Cn2cc(CO)c3cccnc32)n1. The molecule has 0 unspecified atom stereocenters. The summed E-state index contributed by atoms with van der Waals surface area (Å²) in [4.78, 5) is 8.71. The molecule has 0 amide bonds. The van der Waals surface area contributed by atoms with Gasteiger partial charge in [-0.05, 0) is 12.1 Å². The molecule has 6 nitrogen and oxygen atoms in total. The summed E-state index contributed by atoms with van der Waals surface area (Å²) in [7, 11) is 0. The van der Waals surface area contributed by atoms with Crippen LogP contribution >= 0.6 is 0 Å². The van der Waals surface area contributed by atoms with E-state index in [4.69, 9.17) is 4.52 Å². The van der Waals surface area contributed by atoms with Crippen molar-refractivity contribution >= 4 is 11.0 Å². The summed E-state index contributed by atoms with van der Waals surface area (Å²) in [6.45, 7) is 4.47. The average Bonchev–Trinajstić information content (AvgIpc) is 3.05. The van der Waals surface area contributed by atoms with Gasteiger partial charge < -0.3 is 14.2 Å². The number of nitrogens with zero attached hydrogens (tertiary/aromatic N) is 4. The molecule has 0 aliphatic carbocycles. The predicted molar refractivity (Wildman–Crippen MR) is 73.1 cm³/mol. The van der Waals surface area contributed by atoms with Crippen molar-refractivity contribution in [2.75, 3.05) is 0 Å². The monoisotopic (exact) mass is 272 g/mol. The first-order valence-corrected chi connectivity index (χ1v) is 6.55.